The standard InChI is InChI=1S/C12H18N2O2/c1-12(2,3)14(9-13)11(15)16-10-7-5-4-6-8-10/h4-8H,9,13H2,1-3H3. The van der Waals surface area contributed by atoms with Crippen molar-refractivity contribution in [3.63, 3.8) is 0 Å². The third kappa shape index (κ3) is 3.24. The van der Waals surface area contributed by atoms with Gasteiger partial charge in [-0.15, -0.1) is 0 Å². The highest BCUT2D eigenvalue weighted by Gasteiger charge is 2.26. The quantitative estimate of drug-likeness (QED) is 0.780. The van der Waals surface area contributed by atoms with Gasteiger partial charge in [-0.1, -0.05) is 18.2 Å². The second kappa shape index (κ2) is 4.99. The molecule has 1 amide bonds. The van der Waals surface area contributed by atoms with E-state index in [1.165, 1.54) is 4.90 Å². The van der Waals surface area contributed by atoms with Crippen LogP contribution in [0.2, 0.25) is 0 Å². The predicted molar refractivity (Wildman–Crippen MR) is 63.1 cm³/mol. The van der Waals surface area contributed by atoms with Crippen molar-refractivity contribution in [2.75, 3.05) is 6.67 Å². The Morgan fingerprint density at radius 1 is 1.31 bits per heavy atom. The number of carbonyl (C=O) groups is 1. The molecule has 0 fully saturated rings. The highest BCUT2D eigenvalue weighted by molar-refractivity contribution is 5.71. The molecule has 0 radical (unpaired) electrons. The van der Waals surface area contributed by atoms with Crippen LogP contribution in [0, 0.1) is 0 Å². The summed E-state index contributed by atoms with van der Waals surface area (Å²) in [7, 11) is 0. The molecule has 0 saturated carbocycles. The molecule has 88 valence electrons. The van der Waals surface area contributed by atoms with E-state index in [1.807, 2.05) is 39.0 Å². The molecule has 0 spiro atoms. The van der Waals surface area contributed by atoms with Crippen molar-refractivity contribution >= 4 is 6.09 Å². The van der Waals surface area contributed by atoms with Crippen molar-refractivity contribution in [1.29, 1.82) is 0 Å². The molecule has 1 aromatic rings. The summed E-state index contributed by atoms with van der Waals surface area (Å²) in [6.45, 7) is 5.86. The molecule has 2 N–H and O–H groups in total. The largest absolute Gasteiger partial charge is 0.416 e. The average Bonchev–Trinajstić information content (AvgIpc) is 2.17. The molecule has 0 aromatic heterocycles. The van der Waals surface area contributed by atoms with Crippen LogP contribution < -0.4 is 10.5 Å². The zero-order valence-electron chi connectivity index (χ0n) is 9.93. The van der Waals surface area contributed by atoms with Gasteiger partial charge in [-0.3, -0.25) is 4.90 Å². The van der Waals surface area contributed by atoms with Crippen LogP contribution in [0.25, 0.3) is 0 Å². The topological polar surface area (TPSA) is 55.6 Å². The lowest BCUT2D eigenvalue weighted by atomic mass is 10.1. The first-order chi connectivity index (χ1) is 7.45. The molecule has 0 heterocycles. The van der Waals surface area contributed by atoms with Crippen LogP contribution in [0.3, 0.4) is 0 Å². The number of rotatable bonds is 2. The molecule has 4 heteroatoms. The number of para-hydroxylation sites is 1. The zero-order chi connectivity index (χ0) is 12.2. The van der Waals surface area contributed by atoms with Gasteiger partial charge >= 0.3 is 6.09 Å². The minimum atomic E-state index is -0.429. The third-order valence-corrected chi connectivity index (χ3v) is 2.16. The van der Waals surface area contributed by atoms with E-state index in [0.29, 0.717) is 5.75 Å². The van der Waals surface area contributed by atoms with E-state index in [1.54, 1.807) is 12.1 Å². The Balaban J connectivity index is 2.71. The molecular formula is C12H18N2O2. The molecule has 1 aromatic carbocycles. The molecule has 0 unspecified atom stereocenters. The molecule has 16 heavy (non-hydrogen) atoms. The summed E-state index contributed by atoms with van der Waals surface area (Å²) in [5.41, 5.74) is 5.19. The first kappa shape index (κ1) is 12.5. The van der Waals surface area contributed by atoms with Crippen molar-refractivity contribution < 1.29 is 9.53 Å². The van der Waals surface area contributed by atoms with Crippen LogP contribution in [0.1, 0.15) is 20.8 Å². The van der Waals surface area contributed by atoms with E-state index in [0.717, 1.165) is 0 Å². The number of nitrogens with zero attached hydrogens (tertiary/aromatic N) is 1. The number of nitrogens with two attached hydrogens (primary N) is 1. The van der Waals surface area contributed by atoms with E-state index in [4.69, 9.17) is 10.5 Å². The first-order valence-corrected chi connectivity index (χ1v) is 5.19. The number of ether oxygens (including phenoxy) is 1. The molecule has 0 aliphatic carbocycles. The van der Waals surface area contributed by atoms with Gasteiger partial charge in [-0.2, -0.15) is 0 Å². The molecule has 0 atom stereocenters. The van der Waals surface area contributed by atoms with Gasteiger partial charge < -0.3 is 10.5 Å². The van der Waals surface area contributed by atoms with E-state index >= 15 is 0 Å². The zero-order valence-corrected chi connectivity index (χ0v) is 9.93. The molecule has 0 aliphatic rings. The van der Waals surface area contributed by atoms with Crippen LogP contribution in [-0.4, -0.2) is 23.2 Å². The number of amides is 1. The van der Waals surface area contributed by atoms with Crippen molar-refractivity contribution in [3.8, 4) is 5.75 Å². The predicted octanol–water partition coefficient (Wildman–Crippen LogP) is 2.20. The Bertz CT molecular complexity index is 344. The highest BCUT2D eigenvalue weighted by atomic mass is 16.6. The second-order valence-corrected chi connectivity index (χ2v) is 4.46. The Morgan fingerprint density at radius 3 is 2.31 bits per heavy atom. The minimum absolute atomic E-state index is 0.134. The summed E-state index contributed by atoms with van der Waals surface area (Å²) in [6.07, 6.45) is -0.429. The van der Waals surface area contributed by atoms with Crippen molar-refractivity contribution in [3.05, 3.63) is 30.3 Å². The number of hydrogen-bond acceptors (Lipinski definition) is 3. The monoisotopic (exact) mass is 222 g/mol. The maximum atomic E-state index is 11.8. The van der Waals surface area contributed by atoms with Crippen molar-refractivity contribution in [2.24, 2.45) is 5.73 Å². The normalized spacial score (nSPS) is 11.0. The van der Waals surface area contributed by atoms with E-state index in [9.17, 15) is 4.79 Å². The second-order valence-electron chi connectivity index (χ2n) is 4.46. The Labute approximate surface area is 96.0 Å². The molecular weight excluding hydrogens is 204 g/mol. The van der Waals surface area contributed by atoms with Gasteiger partial charge in [0.05, 0.1) is 6.67 Å². The van der Waals surface area contributed by atoms with Crippen LogP contribution >= 0.6 is 0 Å². The fraction of sp³-hybridized carbons (Fsp3) is 0.417. The van der Waals surface area contributed by atoms with Gasteiger partial charge in [0.25, 0.3) is 0 Å². The lowest BCUT2D eigenvalue weighted by Crippen LogP contribution is -2.49. The summed E-state index contributed by atoms with van der Waals surface area (Å²) in [5.74, 6) is 0.523. The highest BCUT2D eigenvalue weighted by Crippen LogP contribution is 2.16. The molecule has 0 aliphatic heterocycles. The van der Waals surface area contributed by atoms with Gasteiger partial charge in [-0.25, -0.2) is 4.79 Å². The Hall–Kier alpha value is -1.55. The van der Waals surface area contributed by atoms with Crippen molar-refractivity contribution in [2.45, 2.75) is 26.3 Å². The summed E-state index contributed by atoms with van der Waals surface area (Å²) >= 11 is 0. The van der Waals surface area contributed by atoms with E-state index in [-0.39, 0.29) is 12.2 Å². The fourth-order valence-corrected chi connectivity index (χ4v) is 1.27. The van der Waals surface area contributed by atoms with E-state index in [2.05, 4.69) is 0 Å². The summed E-state index contributed by atoms with van der Waals surface area (Å²) < 4.78 is 5.20. The van der Waals surface area contributed by atoms with Crippen LogP contribution in [0.4, 0.5) is 4.79 Å². The lowest BCUT2D eigenvalue weighted by Gasteiger charge is -2.33. The Morgan fingerprint density at radius 2 is 1.88 bits per heavy atom. The maximum absolute atomic E-state index is 11.8. The number of carbonyl (C=O) groups excluding carboxylic acids is 1. The van der Waals surface area contributed by atoms with Crippen molar-refractivity contribution in [1.82, 2.24) is 4.90 Å². The van der Waals surface area contributed by atoms with Crippen LogP contribution in [0.15, 0.2) is 30.3 Å². The molecule has 4 nitrogen and oxygen atoms in total. The number of hydrogen-bond donors (Lipinski definition) is 1. The minimum Gasteiger partial charge on any atom is -0.410 e. The Kier molecular flexibility index (Phi) is 3.90. The summed E-state index contributed by atoms with van der Waals surface area (Å²) in [4.78, 5) is 13.3. The van der Waals surface area contributed by atoms with Crippen LogP contribution in [-0.2, 0) is 0 Å². The SMILES string of the molecule is CC(C)(C)N(CN)C(=O)Oc1ccccc1. The fourth-order valence-electron chi connectivity index (χ4n) is 1.27. The number of benzene rings is 1. The van der Waals surface area contributed by atoms with Gasteiger partial charge in [0.1, 0.15) is 5.75 Å². The lowest BCUT2D eigenvalue weighted by molar-refractivity contribution is 0.109. The molecule has 0 bridgehead atoms. The smallest absolute Gasteiger partial charge is 0.410 e. The summed E-state index contributed by atoms with van der Waals surface area (Å²) in [6, 6.07) is 8.95. The van der Waals surface area contributed by atoms with Gasteiger partial charge in [0.2, 0.25) is 0 Å². The summed E-state index contributed by atoms with van der Waals surface area (Å²) in [5, 5.41) is 0. The third-order valence-electron chi connectivity index (χ3n) is 2.16. The average molecular weight is 222 g/mol. The van der Waals surface area contributed by atoms with Crippen LogP contribution in [0.5, 0.6) is 5.75 Å². The van der Waals surface area contributed by atoms with Gasteiger partial charge in [0, 0.05) is 5.54 Å². The van der Waals surface area contributed by atoms with Gasteiger partial charge in [0.15, 0.2) is 0 Å². The molecule has 0 saturated heterocycles. The van der Waals surface area contributed by atoms with E-state index < -0.39 is 6.09 Å². The molecule has 1 rings (SSSR count). The van der Waals surface area contributed by atoms with Gasteiger partial charge in [-0.05, 0) is 32.9 Å². The first-order valence-electron chi connectivity index (χ1n) is 5.19. The maximum Gasteiger partial charge on any atom is 0.416 e.